The average Bonchev–Trinajstić information content (AvgIpc) is 3.27. The molecule has 3 atom stereocenters. The van der Waals surface area contributed by atoms with Crippen LogP contribution in [0.25, 0.3) is 11.8 Å². The number of fused-ring (bicyclic) bond motifs is 3. The maximum atomic E-state index is 13.3. The van der Waals surface area contributed by atoms with Gasteiger partial charge in [-0.3, -0.25) is 0 Å². The maximum absolute atomic E-state index is 13.3. The van der Waals surface area contributed by atoms with Crippen molar-refractivity contribution in [2.45, 2.75) is 44.5 Å². The lowest BCUT2D eigenvalue weighted by atomic mass is 9.62. The van der Waals surface area contributed by atoms with Gasteiger partial charge in [0.1, 0.15) is 11.9 Å². The molecule has 5 rings (SSSR count). The molecule has 27 heavy (non-hydrogen) atoms. The van der Waals surface area contributed by atoms with E-state index in [4.69, 9.17) is 9.47 Å². The molecule has 2 aromatic rings. The Kier molecular flexibility index (Phi) is 3.68. The summed E-state index contributed by atoms with van der Waals surface area (Å²) < 4.78 is 27.8. The Balaban J connectivity index is 1.57. The second-order valence-corrected chi connectivity index (χ2v) is 7.93. The molecule has 1 aliphatic heterocycles. The van der Waals surface area contributed by atoms with Gasteiger partial charge in [0.05, 0.1) is 24.2 Å². The van der Waals surface area contributed by atoms with Crippen molar-refractivity contribution in [2.24, 2.45) is 5.41 Å². The first kappa shape index (κ1) is 16.9. The van der Waals surface area contributed by atoms with Crippen molar-refractivity contribution < 1.29 is 13.9 Å². The van der Waals surface area contributed by atoms with Gasteiger partial charge in [-0.25, -0.2) is 9.07 Å². The zero-order valence-electron chi connectivity index (χ0n) is 15.5. The van der Waals surface area contributed by atoms with Crippen LogP contribution in [0.3, 0.4) is 0 Å². The van der Waals surface area contributed by atoms with Crippen LogP contribution >= 0.6 is 0 Å². The third kappa shape index (κ3) is 2.38. The lowest BCUT2D eigenvalue weighted by Crippen LogP contribution is -2.53. The number of hydrogen-bond acceptors (Lipinski definition) is 3. The standard InChI is InChI=1S/C22H23FN2O2/c1-3-19-14-26-22(27-19)10-4-5-16-11-20-15(12-21(16,22)2)13-24-25(20)18-8-6-17(23)7-9-18/h3,6-9,11,13,19H,1,4-5,10,12,14H2,2H3/t19?,21-,22?/m0/s1. The fourth-order valence-electron chi connectivity index (χ4n) is 4.87. The summed E-state index contributed by atoms with van der Waals surface area (Å²) in [6.07, 6.45) is 9.71. The van der Waals surface area contributed by atoms with Crippen LogP contribution in [-0.4, -0.2) is 28.3 Å². The molecule has 1 aromatic heterocycles. The van der Waals surface area contributed by atoms with Gasteiger partial charge in [0, 0.05) is 11.8 Å². The molecule has 0 amide bonds. The second kappa shape index (κ2) is 5.88. The minimum atomic E-state index is -0.592. The molecule has 4 nitrogen and oxygen atoms in total. The number of hydrogen-bond donors (Lipinski definition) is 0. The van der Waals surface area contributed by atoms with Gasteiger partial charge in [0.2, 0.25) is 0 Å². The van der Waals surface area contributed by atoms with Crippen molar-refractivity contribution in [1.29, 1.82) is 0 Å². The van der Waals surface area contributed by atoms with E-state index >= 15 is 0 Å². The maximum Gasteiger partial charge on any atom is 0.178 e. The highest BCUT2D eigenvalue weighted by Gasteiger charge is 2.59. The monoisotopic (exact) mass is 366 g/mol. The summed E-state index contributed by atoms with van der Waals surface area (Å²) in [5.41, 5.74) is 4.23. The predicted molar refractivity (Wildman–Crippen MR) is 101 cm³/mol. The van der Waals surface area contributed by atoms with E-state index in [1.807, 2.05) is 17.0 Å². The lowest BCUT2D eigenvalue weighted by molar-refractivity contribution is -0.239. The van der Waals surface area contributed by atoms with Gasteiger partial charge in [-0.05, 0) is 55.2 Å². The number of rotatable bonds is 2. The van der Waals surface area contributed by atoms with Gasteiger partial charge in [0.25, 0.3) is 0 Å². The molecule has 3 aliphatic rings. The molecular weight excluding hydrogens is 343 g/mol. The van der Waals surface area contributed by atoms with Crippen LogP contribution in [0, 0.1) is 11.2 Å². The first-order chi connectivity index (χ1) is 13.0. The molecule has 1 aromatic carbocycles. The highest BCUT2D eigenvalue weighted by Crippen LogP contribution is 2.57. The van der Waals surface area contributed by atoms with Crippen LogP contribution in [0.2, 0.25) is 0 Å². The molecule has 2 fully saturated rings. The molecule has 1 saturated heterocycles. The van der Waals surface area contributed by atoms with E-state index in [0.29, 0.717) is 6.61 Å². The third-order valence-electron chi connectivity index (χ3n) is 6.40. The molecule has 0 bridgehead atoms. The Morgan fingerprint density at radius 3 is 2.89 bits per heavy atom. The predicted octanol–water partition coefficient (Wildman–Crippen LogP) is 4.44. The summed E-state index contributed by atoms with van der Waals surface area (Å²) in [6.45, 7) is 6.68. The molecule has 0 radical (unpaired) electrons. The minimum absolute atomic E-state index is 0.0514. The summed E-state index contributed by atoms with van der Waals surface area (Å²) in [5, 5.41) is 4.58. The van der Waals surface area contributed by atoms with E-state index in [1.165, 1.54) is 23.3 Å². The molecule has 1 spiro atoms. The van der Waals surface area contributed by atoms with Crippen LogP contribution in [0.15, 0.2) is 48.7 Å². The third-order valence-corrected chi connectivity index (χ3v) is 6.40. The Morgan fingerprint density at radius 1 is 1.33 bits per heavy atom. The smallest absolute Gasteiger partial charge is 0.178 e. The van der Waals surface area contributed by atoms with Gasteiger partial charge in [-0.2, -0.15) is 5.10 Å². The van der Waals surface area contributed by atoms with Gasteiger partial charge >= 0.3 is 0 Å². The Bertz CT molecular complexity index is 932. The molecule has 0 N–H and O–H groups in total. The first-order valence-corrected chi connectivity index (χ1v) is 9.53. The zero-order valence-corrected chi connectivity index (χ0v) is 15.5. The van der Waals surface area contributed by atoms with Gasteiger partial charge in [-0.1, -0.05) is 18.6 Å². The van der Waals surface area contributed by atoms with Crippen LogP contribution in [0.1, 0.15) is 37.4 Å². The van der Waals surface area contributed by atoms with Crippen LogP contribution in [0.5, 0.6) is 0 Å². The Morgan fingerprint density at radius 2 is 2.15 bits per heavy atom. The van der Waals surface area contributed by atoms with E-state index in [1.54, 1.807) is 12.1 Å². The number of aromatic nitrogens is 2. The highest BCUT2D eigenvalue weighted by atomic mass is 19.1. The summed E-state index contributed by atoms with van der Waals surface area (Å²) in [4.78, 5) is 0. The van der Waals surface area contributed by atoms with Crippen molar-refractivity contribution in [3.8, 4) is 5.69 Å². The SMILES string of the molecule is C=CC1COC2(CCCC3=Cc4c(cnn4-c4ccc(F)cc4)C[C@@]32C)O1. The molecule has 2 aliphatic carbocycles. The summed E-state index contributed by atoms with van der Waals surface area (Å²) >= 11 is 0. The molecular formula is C22H23FN2O2. The van der Waals surface area contributed by atoms with Gasteiger partial charge in [-0.15, -0.1) is 6.58 Å². The number of ether oxygens (including phenoxy) is 2. The van der Waals surface area contributed by atoms with Crippen molar-refractivity contribution >= 4 is 6.08 Å². The van der Waals surface area contributed by atoms with Gasteiger partial charge in [0.15, 0.2) is 5.79 Å². The normalized spacial score (nSPS) is 32.1. The molecule has 2 heterocycles. The van der Waals surface area contributed by atoms with E-state index < -0.39 is 5.79 Å². The number of halogens is 1. The zero-order chi connectivity index (χ0) is 18.6. The fraction of sp³-hybridized carbons (Fsp3) is 0.409. The first-order valence-electron chi connectivity index (χ1n) is 9.53. The van der Waals surface area contributed by atoms with Gasteiger partial charge < -0.3 is 9.47 Å². The summed E-state index contributed by atoms with van der Waals surface area (Å²) in [5.74, 6) is -0.835. The summed E-state index contributed by atoms with van der Waals surface area (Å²) in [7, 11) is 0. The molecule has 2 unspecified atom stereocenters. The largest absolute Gasteiger partial charge is 0.346 e. The molecule has 5 heteroatoms. The quantitative estimate of drug-likeness (QED) is 0.738. The van der Waals surface area contributed by atoms with E-state index in [-0.39, 0.29) is 17.3 Å². The second-order valence-electron chi connectivity index (χ2n) is 7.93. The van der Waals surface area contributed by atoms with E-state index in [2.05, 4.69) is 24.7 Å². The Labute approximate surface area is 158 Å². The van der Waals surface area contributed by atoms with Crippen molar-refractivity contribution in [2.75, 3.05) is 6.61 Å². The van der Waals surface area contributed by atoms with E-state index in [0.717, 1.165) is 37.1 Å². The molecule has 1 saturated carbocycles. The van der Waals surface area contributed by atoms with Crippen LogP contribution in [-0.2, 0) is 15.9 Å². The lowest BCUT2D eigenvalue weighted by Gasteiger charge is -2.51. The minimum Gasteiger partial charge on any atom is -0.346 e. The number of benzene rings is 1. The van der Waals surface area contributed by atoms with Crippen molar-refractivity contribution in [3.63, 3.8) is 0 Å². The number of nitrogens with zero attached hydrogens (tertiary/aromatic N) is 2. The topological polar surface area (TPSA) is 36.3 Å². The molecule has 140 valence electrons. The average molecular weight is 366 g/mol. The summed E-state index contributed by atoms with van der Waals surface area (Å²) in [6, 6.07) is 6.45. The Hall–Kier alpha value is -2.24. The van der Waals surface area contributed by atoms with Crippen LogP contribution < -0.4 is 0 Å². The van der Waals surface area contributed by atoms with Crippen molar-refractivity contribution in [1.82, 2.24) is 9.78 Å². The fourth-order valence-corrected chi connectivity index (χ4v) is 4.87. The highest BCUT2D eigenvalue weighted by molar-refractivity contribution is 5.62. The van der Waals surface area contributed by atoms with Crippen molar-refractivity contribution in [3.05, 3.63) is 65.8 Å². The van der Waals surface area contributed by atoms with E-state index in [9.17, 15) is 4.39 Å². The van der Waals surface area contributed by atoms with Crippen LogP contribution in [0.4, 0.5) is 4.39 Å².